The maximum atomic E-state index is 6.07. The quantitative estimate of drug-likeness (QED) is 0.814. The monoisotopic (exact) mass is 263 g/mol. The average molecular weight is 263 g/mol. The van der Waals surface area contributed by atoms with E-state index in [4.69, 9.17) is 10.5 Å². The molecule has 5 heteroatoms. The van der Waals surface area contributed by atoms with Crippen LogP contribution in [0.5, 0.6) is 5.75 Å². The Morgan fingerprint density at radius 2 is 2.28 bits per heavy atom. The third-order valence-corrected chi connectivity index (χ3v) is 3.14. The summed E-state index contributed by atoms with van der Waals surface area (Å²) in [6.07, 6.45) is 1.96. The summed E-state index contributed by atoms with van der Waals surface area (Å²) in [5, 5.41) is 3.29. The minimum Gasteiger partial charge on any atom is -0.489 e. The summed E-state index contributed by atoms with van der Waals surface area (Å²) in [6, 6.07) is 5.76. The highest BCUT2D eigenvalue weighted by atomic mass is 32.1. The first kappa shape index (κ1) is 12.7. The minimum absolute atomic E-state index is 0.115. The van der Waals surface area contributed by atoms with E-state index < -0.39 is 0 Å². The van der Waals surface area contributed by atoms with Crippen LogP contribution in [0, 0.1) is 0 Å². The Balaban J connectivity index is 2.08. The predicted octanol–water partition coefficient (Wildman–Crippen LogP) is 3.12. The van der Waals surface area contributed by atoms with Crippen LogP contribution in [0.4, 0.5) is 11.4 Å². The SMILES string of the molecule is CC(C)Oc1cccc(NCc2cncs2)c1N. The van der Waals surface area contributed by atoms with Crippen molar-refractivity contribution in [2.45, 2.75) is 26.5 Å². The van der Waals surface area contributed by atoms with Crippen molar-refractivity contribution >= 4 is 22.7 Å². The fourth-order valence-electron chi connectivity index (χ4n) is 1.57. The zero-order chi connectivity index (χ0) is 13.0. The second kappa shape index (κ2) is 5.73. The van der Waals surface area contributed by atoms with Crippen LogP contribution in [0.1, 0.15) is 18.7 Å². The summed E-state index contributed by atoms with van der Waals surface area (Å²) in [5.74, 6) is 0.722. The lowest BCUT2D eigenvalue weighted by molar-refractivity contribution is 0.244. The molecule has 18 heavy (non-hydrogen) atoms. The van der Waals surface area contributed by atoms with Crippen molar-refractivity contribution in [2.24, 2.45) is 0 Å². The van der Waals surface area contributed by atoms with Crippen LogP contribution < -0.4 is 15.8 Å². The van der Waals surface area contributed by atoms with Gasteiger partial charge in [0, 0.05) is 11.1 Å². The highest BCUT2D eigenvalue weighted by Gasteiger charge is 2.07. The zero-order valence-electron chi connectivity index (χ0n) is 10.5. The number of nitrogen functional groups attached to an aromatic ring is 1. The summed E-state index contributed by atoms with van der Waals surface area (Å²) in [4.78, 5) is 5.21. The molecule has 1 aromatic carbocycles. The first-order valence-corrected chi connectivity index (χ1v) is 6.71. The molecule has 2 aromatic rings. The molecule has 1 aromatic heterocycles. The number of thiazole rings is 1. The van der Waals surface area contributed by atoms with Crippen molar-refractivity contribution in [3.8, 4) is 5.75 Å². The van der Waals surface area contributed by atoms with Gasteiger partial charge in [-0.15, -0.1) is 11.3 Å². The minimum atomic E-state index is 0.115. The first-order valence-electron chi connectivity index (χ1n) is 5.83. The molecule has 0 aliphatic rings. The summed E-state index contributed by atoms with van der Waals surface area (Å²) in [6.45, 7) is 4.69. The van der Waals surface area contributed by atoms with Gasteiger partial charge in [-0.25, -0.2) is 0 Å². The number of benzene rings is 1. The maximum absolute atomic E-state index is 6.07. The van der Waals surface area contributed by atoms with Gasteiger partial charge in [-0.3, -0.25) is 4.98 Å². The maximum Gasteiger partial charge on any atom is 0.144 e. The van der Waals surface area contributed by atoms with Gasteiger partial charge in [-0.05, 0) is 26.0 Å². The molecule has 0 fully saturated rings. The zero-order valence-corrected chi connectivity index (χ0v) is 11.3. The van der Waals surface area contributed by atoms with Crippen molar-refractivity contribution in [1.82, 2.24) is 4.98 Å². The summed E-state index contributed by atoms with van der Waals surface area (Å²) < 4.78 is 5.65. The van der Waals surface area contributed by atoms with Gasteiger partial charge < -0.3 is 15.8 Å². The third kappa shape index (κ3) is 3.13. The smallest absolute Gasteiger partial charge is 0.144 e. The molecule has 4 nitrogen and oxygen atoms in total. The molecule has 2 rings (SSSR count). The predicted molar refractivity (Wildman–Crippen MR) is 76.1 cm³/mol. The molecule has 3 N–H and O–H groups in total. The van der Waals surface area contributed by atoms with Crippen LogP contribution in [-0.4, -0.2) is 11.1 Å². The van der Waals surface area contributed by atoms with E-state index in [9.17, 15) is 0 Å². The van der Waals surface area contributed by atoms with Crippen molar-refractivity contribution < 1.29 is 4.74 Å². The van der Waals surface area contributed by atoms with Gasteiger partial charge in [0.1, 0.15) is 5.75 Å². The van der Waals surface area contributed by atoms with Gasteiger partial charge in [0.15, 0.2) is 0 Å². The Bertz CT molecular complexity index is 497. The number of anilines is 2. The molecule has 0 amide bonds. The number of ether oxygens (including phenoxy) is 1. The number of nitrogens with two attached hydrogens (primary N) is 1. The van der Waals surface area contributed by atoms with E-state index in [0.717, 1.165) is 18.0 Å². The normalized spacial score (nSPS) is 10.6. The molecule has 0 saturated carbocycles. The standard InChI is InChI=1S/C13H17N3OS/c1-9(2)17-12-5-3-4-11(13(12)14)16-7-10-6-15-8-18-10/h3-6,8-9,16H,7,14H2,1-2H3. The van der Waals surface area contributed by atoms with Crippen molar-refractivity contribution in [1.29, 1.82) is 0 Å². The van der Waals surface area contributed by atoms with Crippen LogP contribution in [0.3, 0.4) is 0 Å². The lowest BCUT2D eigenvalue weighted by Gasteiger charge is -2.15. The summed E-state index contributed by atoms with van der Waals surface area (Å²) in [7, 11) is 0. The van der Waals surface area contributed by atoms with Crippen molar-refractivity contribution in [3.63, 3.8) is 0 Å². The lowest BCUT2D eigenvalue weighted by Crippen LogP contribution is -2.09. The van der Waals surface area contributed by atoms with Crippen LogP contribution in [0.15, 0.2) is 29.9 Å². The Kier molecular flexibility index (Phi) is 4.04. The van der Waals surface area contributed by atoms with E-state index >= 15 is 0 Å². The molecule has 0 spiro atoms. The second-order valence-corrected chi connectivity index (χ2v) is 5.18. The second-order valence-electron chi connectivity index (χ2n) is 4.21. The third-order valence-electron chi connectivity index (χ3n) is 2.37. The highest BCUT2D eigenvalue weighted by molar-refractivity contribution is 7.09. The fourth-order valence-corrected chi connectivity index (χ4v) is 2.10. The lowest BCUT2D eigenvalue weighted by atomic mass is 10.2. The summed E-state index contributed by atoms with van der Waals surface area (Å²) in [5.41, 5.74) is 9.43. The molecule has 1 heterocycles. The number of para-hydroxylation sites is 1. The molecule has 0 aliphatic carbocycles. The Morgan fingerprint density at radius 1 is 1.44 bits per heavy atom. The van der Waals surface area contributed by atoms with E-state index in [1.807, 2.05) is 43.8 Å². The molecule has 96 valence electrons. The number of rotatable bonds is 5. The molecular weight excluding hydrogens is 246 g/mol. The molecule has 0 radical (unpaired) electrons. The molecule has 0 bridgehead atoms. The van der Waals surface area contributed by atoms with Gasteiger partial charge in [-0.2, -0.15) is 0 Å². The molecular formula is C13H17N3OS. The van der Waals surface area contributed by atoms with Gasteiger partial charge in [0.05, 0.1) is 29.5 Å². The van der Waals surface area contributed by atoms with Crippen molar-refractivity contribution in [2.75, 3.05) is 11.1 Å². The number of hydrogen-bond acceptors (Lipinski definition) is 5. The average Bonchev–Trinajstić information content (AvgIpc) is 2.83. The van der Waals surface area contributed by atoms with E-state index in [0.29, 0.717) is 5.69 Å². The molecule has 0 saturated heterocycles. The van der Waals surface area contributed by atoms with Crippen LogP contribution >= 0.6 is 11.3 Å². The Labute approximate surface area is 111 Å². The highest BCUT2D eigenvalue weighted by Crippen LogP contribution is 2.30. The Morgan fingerprint density at radius 3 is 2.94 bits per heavy atom. The van der Waals surface area contributed by atoms with E-state index in [-0.39, 0.29) is 6.10 Å². The van der Waals surface area contributed by atoms with Gasteiger partial charge in [-0.1, -0.05) is 6.07 Å². The van der Waals surface area contributed by atoms with Gasteiger partial charge >= 0.3 is 0 Å². The van der Waals surface area contributed by atoms with Gasteiger partial charge in [0.25, 0.3) is 0 Å². The Hall–Kier alpha value is -1.75. The first-order chi connectivity index (χ1) is 8.66. The number of nitrogens with one attached hydrogen (secondary N) is 1. The van der Waals surface area contributed by atoms with Gasteiger partial charge in [0.2, 0.25) is 0 Å². The largest absolute Gasteiger partial charge is 0.489 e. The van der Waals surface area contributed by atoms with Crippen LogP contribution in [0.25, 0.3) is 0 Å². The van der Waals surface area contributed by atoms with E-state index in [1.165, 1.54) is 4.88 Å². The topological polar surface area (TPSA) is 60.2 Å². The van der Waals surface area contributed by atoms with E-state index in [1.54, 1.807) is 11.3 Å². The molecule has 0 unspecified atom stereocenters. The van der Waals surface area contributed by atoms with Crippen LogP contribution in [0.2, 0.25) is 0 Å². The fraction of sp³-hybridized carbons (Fsp3) is 0.308. The molecule has 0 aliphatic heterocycles. The number of hydrogen-bond donors (Lipinski definition) is 2. The molecule has 0 atom stereocenters. The summed E-state index contributed by atoms with van der Waals surface area (Å²) >= 11 is 1.62. The van der Waals surface area contributed by atoms with Crippen LogP contribution in [-0.2, 0) is 6.54 Å². The number of aromatic nitrogens is 1. The number of nitrogens with zero attached hydrogens (tertiary/aromatic N) is 1. The van der Waals surface area contributed by atoms with Crippen molar-refractivity contribution in [3.05, 3.63) is 34.8 Å². The van der Waals surface area contributed by atoms with E-state index in [2.05, 4.69) is 10.3 Å².